The van der Waals surface area contributed by atoms with Crippen LogP contribution in [-0.4, -0.2) is 50.1 Å². The minimum Gasteiger partial charge on any atom is -1.00 e. The van der Waals surface area contributed by atoms with Crippen molar-refractivity contribution < 1.29 is 63.4 Å². The van der Waals surface area contributed by atoms with Crippen molar-refractivity contribution in [2.75, 3.05) is 27.3 Å². The van der Waals surface area contributed by atoms with Crippen molar-refractivity contribution in [2.45, 2.75) is 32.1 Å². The Balaban J connectivity index is 0.000000458. The number of nitrogens with one attached hydrogen (secondary N) is 1. The number of carbonyl (C=O) groups excluding carboxylic acids is 2. The van der Waals surface area contributed by atoms with Gasteiger partial charge in [0.15, 0.2) is 24.5 Å². The summed E-state index contributed by atoms with van der Waals surface area (Å²) in [6.45, 7) is 1.68. The molecule has 308 valence electrons. The van der Waals surface area contributed by atoms with Gasteiger partial charge in [0.2, 0.25) is 0 Å². The van der Waals surface area contributed by atoms with Crippen LogP contribution in [0.5, 0.6) is 11.5 Å². The van der Waals surface area contributed by atoms with E-state index in [0.717, 1.165) is 82.7 Å². The van der Waals surface area contributed by atoms with Gasteiger partial charge in [-0.15, -0.1) is 24.8 Å². The van der Waals surface area contributed by atoms with Crippen molar-refractivity contribution in [1.29, 1.82) is 0 Å². The molecule has 14 heteroatoms. The molecule has 1 aliphatic rings. The fourth-order valence-electron chi connectivity index (χ4n) is 6.04. The zero-order chi connectivity index (χ0) is 38.3. The Morgan fingerprint density at radius 2 is 1.43 bits per heavy atom. The Hall–Kier alpha value is -4.97. The number of hydrogen-bond donors (Lipinski definition) is 1. The summed E-state index contributed by atoms with van der Waals surface area (Å²) < 4.78 is 36.9. The molecule has 58 heavy (non-hydrogen) atoms. The SMILES string of the molecule is COc1ccc(/C=C2\CCCN=C2c2cncc3ccccc23)c(F)c1.COc1ccc(C=O)c(F)c1.Cl.Cl.[Cl-].[Cl-].[NH3+]CCCCC(=O)c1c[nH+]cc2ccccc12. The summed E-state index contributed by atoms with van der Waals surface area (Å²) in [6.07, 6.45) is 14.2. The Kier molecular flexibility index (Phi) is 23.0. The van der Waals surface area contributed by atoms with Crippen LogP contribution in [0, 0.1) is 11.6 Å². The molecule has 1 aliphatic heterocycles. The first-order chi connectivity index (χ1) is 26.4. The van der Waals surface area contributed by atoms with Crippen LogP contribution in [0.25, 0.3) is 27.6 Å². The highest BCUT2D eigenvalue weighted by atomic mass is 35.5. The summed E-state index contributed by atoms with van der Waals surface area (Å²) in [5, 5.41) is 4.30. The van der Waals surface area contributed by atoms with Gasteiger partial charge in [-0.3, -0.25) is 19.6 Å². The maximum absolute atomic E-state index is 14.4. The average Bonchev–Trinajstić information content (AvgIpc) is 3.22. The van der Waals surface area contributed by atoms with Crippen LogP contribution in [0.2, 0.25) is 0 Å². The fourth-order valence-corrected chi connectivity index (χ4v) is 6.04. The molecule has 0 aliphatic carbocycles. The molecular weight excluding hydrogens is 828 g/mol. The number of rotatable bonds is 10. The number of aldehydes is 1. The molecule has 6 aromatic rings. The Morgan fingerprint density at radius 1 is 0.810 bits per heavy atom. The van der Waals surface area contributed by atoms with Crippen LogP contribution in [0.4, 0.5) is 8.78 Å². The number of H-pyrrole nitrogens is 1. The lowest BCUT2D eigenvalue weighted by Gasteiger charge is -2.18. The van der Waals surface area contributed by atoms with Gasteiger partial charge in [-0.1, -0.05) is 42.5 Å². The maximum atomic E-state index is 14.4. The molecule has 0 fully saturated rings. The highest BCUT2D eigenvalue weighted by Gasteiger charge is 2.18. The summed E-state index contributed by atoms with van der Waals surface area (Å²) in [7, 11) is 2.97. The maximum Gasteiger partial charge on any atom is 0.178 e. The van der Waals surface area contributed by atoms with Crippen LogP contribution in [0.15, 0.2) is 120 Å². The van der Waals surface area contributed by atoms with E-state index < -0.39 is 5.82 Å². The molecule has 0 saturated heterocycles. The molecule has 4 aromatic carbocycles. The second-order valence-corrected chi connectivity index (χ2v) is 12.5. The van der Waals surface area contributed by atoms with Crippen LogP contribution < -0.4 is 45.0 Å². The number of carbonyl (C=O) groups is 2. The van der Waals surface area contributed by atoms with E-state index in [1.165, 1.54) is 38.5 Å². The van der Waals surface area contributed by atoms with E-state index >= 15 is 0 Å². The van der Waals surface area contributed by atoms with E-state index in [9.17, 15) is 18.4 Å². The molecule has 8 nitrogen and oxygen atoms in total. The number of quaternary nitrogens is 1. The fraction of sp³-hybridized carbons (Fsp3) is 0.205. The first kappa shape index (κ1) is 51.0. The third kappa shape index (κ3) is 13.6. The van der Waals surface area contributed by atoms with Crippen molar-refractivity contribution in [2.24, 2.45) is 4.99 Å². The van der Waals surface area contributed by atoms with Gasteiger partial charge >= 0.3 is 0 Å². The number of halogens is 6. The van der Waals surface area contributed by atoms with Crippen LogP contribution >= 0.6 is 24.8 Å². The number of unbranched alkanes of at least 4 members (excludes halogenated alkanes) is 1. The van der Waals surface area contributed by atoms with Crippen molar-refractivity contribution in [3.8, 4) is 11.5 Å². The zero-order valence-corrected chi connectivity index (χ0v) is 35.2. The predicted molar refractivity (Wildman–Crippen MR) is 223 cm³/mol. The third-order valence-electron chi connectivity index (χ3n) is 8.90. The van der Waals surface area contributed by atoms with Crippen molar-refractivity contribution in [1.82, 2.24) is 4.98 Å². The van der Waals surface area contributed by atoms with Gasteiger partial charge < -0.3 is 40.0 Å². The summed E-state index contributed by atoms with van der Waals surface area (Å²) in [5.41, 5.74) is 8.13. The van der Waals surface area contributed by atoms with Gasteiger partial charge in [0, 0.05) is 64.8 Å². The molecular formula is C44H46Cl4F2N4O4. The largest absolute Gasteiger partial charge is 1.00 e. The Bertz CT molecular complexity index is 2300. The smallest absolute Gasteiger partial charge is 0.178 e. The predicted octanol–water partition coefficient (Wildman–Crippen LogP) is 2.80. The molecule has 4 N–H and O–H groups in total. The minimum atomic E-state index is -0.556. The number of Topliss-reactive ketones (excluding diaryl/α,β-unsaturated/α-hetero) is 1. The first-order valence-corrected chi connectivity index (χ1v) is 17.8. The van der Waals surface area contributed by atoms with Gasteiger partial charge in [0.25, 0.3) is 0 Å². The number of aliphatic imine (C=N–C) groups is 1. The lowest BCUT2D eigenvalue weighted by atomic mass is 9.92. The highest BCUT2D eigenvalue weighted by molar-refractivity contribution is 6.21. The molecule has 0 spiro atoms. The normalized spacial score (nSPS) is 12.0. The summed E-state index contributed by atoms with van der Waals surface area (Å²) in [6, 6.07) is 25.1. The van der Waals surface area contributed by atoms with E-state index in [0.29, 0.717) is 29.8 Å². The van der Waals surface area contributed by atoms with Crippen LogP contribution in [0.3, 0.4) is 0 Å². The van der Waals surface area contributed by atoms with Crippen LogP contribution in [0.1, 0.15) is 63.9 Å². The first-order valence-electron chi connectivity index (χ1n) is 17.8. The third-order valence-corrected chi connectivity index (χ3v) is 8.90. The lowest BCUT2D eigenvalue weighted by molar-refractivity contribution is -0.376. The Morgan fingerprint density at radius 3 is 2.05 bits per heavy atom. The van der Waals surface area contributed by atoms with Gasteiger partial charge in [-0.25, -0.2) is 13.8 Å². The van der Waals surface area contributed by atoms with E-state index in [4.69, 9.17) is 14.5 Å². The number of allylic oxidation sites excluding steroid dienone is 1. The zero-order valence-electron chi connectivity index (χ0n) is 32.1. The van der Waals surface area contributed by atoms with Gasteiger partial charge in [0.1, 0.15) is 23.1 Å². The van der Waals surface area contributed by atoms with E-state index in [-0.39, 0.29) is 66.8 Å². The molecule has 0 atom stereocenters. The number of aromatic nitrogens is 2. The molecule has 0 saturated carbocycles. The topological polar surface area (TPSA) is 120 Å². The van der Waals surface area contributed by atoms with Crippen molar-refractivity contribution in [3.63, 3.8) is 0 Å². The number of pyridine rings is 2. The molecule has 3 heterocycles. The summed E-state index contributed by atoms with van der Waals surface area (Å²) >= 11 is 0. The average molecular weight is 875 g/mol. The van der Waals surface area contributed by atoms with Gasteiger partial charge in [-0.2, -0.15) is 0 Å². The second-order valence-electron chi connectivity index (χ2n) is 12.5. The van der Waals surface area contributed by atoms with Crippen molar-refractivity contribution in [3.05, 3.63) is 149 Å². The monoisotopic (exact) mass is 872 g/mol. The highest BCUT2D eigenvalue weighted by Crippen LogP contribution is 2.28. The second kappa shape index (κ2) is 26.1. The molecule has 2 aromatic heterocycles. The minimum absolute atomic E-state index is 0. The number of nitrogens with zero attached hydrogens (tertiary/aromatic N) is 2. The summed E-state index contributed by atoms with van der Waals surface area (Å²) in [4.78, 5) is 34.4. The van der Waals surface area contributed by atoms with E-state index in [1.54, 1.807) is 18.3 Å². The molecule has 0 amide bonds. The number of benzene rings is 4. The standard InChI is InChI=1S/C22H19FN2O.C14H16N2O.C8H7FO2.4ClH/c1-26-18-9-8-15(21(23)12-18)11-16-6-4-10-25-22(16)20-14-24-13-17-5-2-3-7-19(17)20;15-8-4-3-7-14(17)13-10-16-9-11-5-1-2-6-12(11)13;1-11-7-3-2-6(5-10)8(9)4-7;;;;/h2-3,5,7-9,11-14H,4,6,10H2,1H3;1-2,5-6,9-10H,3-4,7-8,15H2;2-5H,1H3;4*1H/b16-11+;;;;;;. The number of aromatic amines is 1. The van der Waals surface area contributed by atoms with E-state index in [2.05, 4.69) is 21.8 Å². The molecule has 0 radical (unpaired) electrons. The van der Waals surface area contributed by atoms with Gasteiger partial charge in [0.05, 0.1) is 37.6 Å². The molecule has 0 bridgehead atoms. The lowest BCUT2D eigenvalue weighted by Crippen LogP contribution is -3.00. The summed E-state index contributed by atoms with van der Waals surface area (Å²) in [5.74, 6) is 0.289. The van der Waals surface area contributed by atoms with E-state index in [1.807, 2.05) is 67.1 Å². The van der Waals surface area contributed by atoms with Crippen molar-refractivity contribution >= 4 is 70.2 Å². The van der Waals surface area contributed by atoms with Crippen LogP contribution in [-0.2, 0) is 0 Å². The molecule has 7 rings (SSSR count). The quantitative estimate of drug-likeness (QED) is 0.129. The number of ketones is 1. The Labute approximate surface area is 362 Å². The number of ether oxygens (including phenoxy) is 2. The molecule has 0 unspecified atom stereocenters. The number of methoxy groups -OCH3 is 2. The number of hydrogen-bond acceptors (Lipinski definition) is 6. The van der Waals surface area contributed by atoms with Gasteiger partial charge in [-0.05, 0) is 73.1 Å². The number of fused-ring (bicyclic) bond motifs is 2.